The Balaban J connectivity index is 1.74. The van der Waals surface area contributed by atoms with Crippen LogP contribution in [0.15, 0.2) is 23.1 Å². The molecule has 1 heterocycles. The third kappa shape index (κ3) is 3.07. The molecule has 1 unspecified atom stereocenters. The number of rotatable bonds is 4. The second kappa shape index (κ2) is 5.26. The van der Waals surface area contributed by atoms with Crippen molar-refractivity contribution in [2.45, 2.75) is 43.2 Å². The molecule has 5 nitrogen and oxygen atoms in total. The Hall–Kier alpha value is -1.11. The number of sulfonamides is 1. The average molecular weight is 329 g/mol. The molecule has 1 aromatic carbocycles. The molecule has 1 saturated heterocycles. The molecule has 7 heteroatoms. The molecule has 0 radical (unpaired) electrons. The number of amides is 1. The van der Waals surface area contributed by atoms with Crippen molar-refractivity contribution in [3.05, 3.63) is 28.8 Å². The van der Waals surface area contributed by atoms with Crippen molar-refractivity contribution in [1.29, 1.82) is 0 Å². The lowest BCUT2D eigenvalue weighted by Crippen LogP contribution is -2.37. The predicted octanol–water partition coefficient (Wildman–Crippen LogP) is 1.69. The predicted molar refractivity (Wildman–Crippen MR) is 79.7 cm³/mol. The molecule has 2 aliphatic rings. The number of hydrogen-bond acceptors (Lipinski definition) is 3. The highest BCUT2D eigenvalue weighted by Crippen LogP contribution is 2.31. The van der Waals surface area contributed by atoms with Crippen molar-refractivity contribution in [2.75, 3.05) is 6.54 Å². The number of likely N-dealkylation sites (tertiary alicyclic amines) is 1. The fourth-order valence-electron chi connectivity index (χ4n) is 2.58. The second-order valence-corrected chi connectivity index (χ2v) is 7.83. The van der Waals surface area contributed by atoms with Crippen LogP contribution >= 0.6 is 11.6 Å². The molecule has 3 rings (SSSR count). The highest BCUT2D eigenvalue weighted by atomic mass is 35.5. The molecular formula is C14H17ClN2O3S. The molecule has 1 amide bonds. The Bertz CT molecular complexity index is 685. The summed E-state index contributed by atoms with van der Waals surface area (Å²) in [4.78, 5) is 13.8. The van der Waals surface area contributed by atoms with Crippen LogP contribution < -0.4 is 4.72 Å². The number of carbonyl (C=O) groups is 1. The van der Waals surface area contributed by atoms with Gasteiger partial charge in [0.2, 0.25) is 15.9 Å². The van der Waals surface area contributed by atoms with Gasteiger partial charge in [-0.2, -0.15) is 0 Å². The lowest BCUT2D eigenvalue weighted by molar-refractivity contribution is -0.128. The maximum Gasteiger partial charge on any atom is 0.240 e. The van der Waals surface area contributed by atoms with Crippen LogP contribution in [0.25, 0.3) is 0 Å². The van der Waals surface area contributed by atoms with Gasteiger partial charge in [-0.25, -0.2) is 13.1 Å². The largest absolute Gasteiger partial charge is 0.338 e. The highest BCUT2D eigenvalue weighted by Gasteiger charge is 2.40. The van der Waals surface area contributed by atoms with Crippen molar-refractivity contribution in [3.63, 3.8) is 0 Å². The first-order valence-electron chi connectivity index (χ1n) is 6.95. The molecule has 0 aromatic heterocycles. The van der Waals surface area contributed by atoms with Gasteiger partial charge in [-0.1, -0.05) is 17.7 Å². The molecular weight excluding hydrogens is 312 g/mol. The Morgan fingerprint density at radius 2 is 2.05 bits per heavy atom. The van der Waals surface area contributed by atoms with Crippen molar-refractivity contribution < 1.29 is 13.2 Å². The van der Waals surface area contributed by atoms with Gasteiger partial charge in [-0.05, 0) is 37.5 Å². The lowest BCUT2D eigenvalue weighted by atomic mass is 10.2. The van der Waals surface area contributed by atoms with E-state index in [1.165, 1.54) is 12.1 Å². The summed E-state index contributed by atoms with van der Waals surface area (Å²) < 4.78 is 27.3. The third-order valence-corrected chi connectivity index (χ3v) is 5.85. The van der Waals surface area contributed by atoms with E-state index in [0.29, 0.717) is 17.6 Å². The zero-order valence-electron chi connectivity index (χ0n) is 11.7. The first-order valence-corrected chi connectivity index (χ1v) is 8.81. The zero-order chi connectivity index (χ0) is 15.2. The standard InChI is InChI=1S/C14H17ClN2O3S/c1-9-2-5-12(7-13(9)15)21(19,20)16-10-6-14(18)17(8-10)11-3-4-11/h2,5,7,10-11,16H,3-4,6,8H2,1H3. The molecule has 21 heavy (non-hydrogen) atoms. The van der Waals surface area contributed by atoms with Gasteiger partial charge in [-0.15, -0.1) is 0 Å². The number of benzene rings is 1. The van der Waals surface area contributed by atoms with Gasteiger partial charge in [0.1, 0.15) is 0 Å². The minimum atomic E-state index is -3.65. The zero-order valence-corrected chi connectivity index (χ0v) is 13.2. The molecule has 1 N–H and O–H groups in total. The molecule has 1 aromatic rings. The van der Waals surface area contributed by atoms with Crippen molar-refractivity contribution in [2.24, 2.45) is 0 Å². The minimum Gasteiger partial charge on any atom is -0.338 e. The number of hydrogen-bond donors (Lipinski definition) is 1. The van der Waals surface area contributed by atoms with Gasteiger partial charge in [0.25, 0.3) is 0 Å². The summed E-state index contributed by atoms with van der Waals surface area (Å²) in [6.45, 7) is 2.28. The van der Waals surface area contributed by atoms with E-state index >= 15 is 0 Å². The van der Waals surface area contributed by atoms with Gasteiger partial charge < -0.3 is 4.90 Å². The number of carbonyl (C=O) groups excluding carboxylic acids is 1. The van der Waals surface area contributed by atoms with Gasteiger partial charge >= 0.3 is 0 Å². The fraction of sp³-hybridized carbons (Fsp3) is 0.500. The quantitative estimate of drug-likeness (QED) is 0.914. The van der Waals surface area contributed by atoms with Gasteiger partial charge in [0.05, 0.1) is 4.90 Å². The Kier molecular flexibility index (Phi) is 3.71. The summed E-state index contributed by atoms with van der Waals surface area (Å²) in [5, 5.41) is 0.417. The van der Waals surface area contributed by atoms with Crippen LogP contribution in [0.2, 0.25) is 5.02 Å². The van der Waals surface area contributed by atoms with E-state index in [1.807, 2.05) is 6.92 Å². The van der Waals surface area contributed by atoms with Crippen LogP contribution in [-0.2, 0) is 14.8 Å². The van der Waals surface area contributed by atoms with E-state index in [4.69, 9.17) is 11.6 Å². The first-order chi connectivity index (χ1) is 9.87. The molecule has 114 valence electrons. The Labute approximate surface area is 129 Å². The molecule has 2 fully saturated rings. The van der Waals surface area contributed by atoms with E-state index in [-0.39, 0.29) is 23.3 Å². The van der Waals surface area contributed by atoms with E-state index in [2.05, 4.69) is 4.72 Å². The monoisotopic (exact) mass is 328 g/mol. The lowest BCUT2D eigenvalue weighted by Gasteiger charge is -2.16. The van der Waals surface area contributed by atoms with E-state index in [9.17, 15) is 13.2 Å². The highest BCUT2D eigenvalue weighted by molar-refractivity contribution is 7.89. The third-order valence-electron chi connectivity index (χ3n) is 3.92. The smallest absolute Gasteiger partial charge is 0.240 e. The van der Waals surface area contributed by atoms with E-state index in [0.717, 1.165) is 18.4 Å². The Morgan fingerprint density at radius 3 is 2.67 bits per heavy atom. The number of nitrogens with zero attached hydrogens (tertiary/aromatic N) is 1. The normalized spacial score (nSPS) is 22.9. The number of nitrogens with one attached hydrogen (secondary N) is 1. The topological polar surface area (TPSA) is 66.5 Å². The first kappa shape index (κ1) is 14.8. The number of aryl methyl sites for hydroxylation is 1. The van der Waals surface area contributed by atoms with Crippen LogP contribution in [0.3, 0.4) is 0 Å². The summed E-state index contributed by atoms with van der Waals surface area (Å²) in [5.74, 6) is 0.0344. The fourth-order valence-corrected chi connectivity index (χ4v) is 4.08. The average Bonchev–Trinajstić information content (AvgIpc) is 3.17. The van der Waals surface area contributed by atoms with Gasteiger partial charge in [0, 0.05) is 30.1 Å². The summed E-state index contributed by atoms with van der Waals surface area (Å²) in [6.07, 6.45) is 2.28. The minimum absolute atomic E-state index is 0.0344. The van der Waals surface area contributed by atoms with Crippen LogP contribution in [0.4, 0.5) is 0 Å². The molecule has 1 saturated carbocycles. The van der Waals surface area contributed by atoms with Crippen LogP contribution in [0.1, 0.15) is 24.8 Å². The van der Waals surface area contributed by atoms with Crippen molar-refractivity contribution in [3.8, 4) is 0 Å². The summed E-state index contributed by atoms with van der Waals surface area (Å²) in [7, 11) is -3.65. The summed E-state index contributed by atoms with van der Waals surface area (Å²) >= 11 is 5.98. The van der Waals surface area contributed by atoms with E-state index < -0.39 is 10.0 Å². The molecule has 1 aliphatic carbocycles. The second-order valence-electron chi connectivity index (χ2n) is 5.71. The maximum absolute atomic E-state index is 12.4. The molecule has 0 spiro atoms. The van der Waals surface area contributed by atoms with Gasteiger partial charge in [0.15, 0.2) is 0 Å². The van der Waals surface area contributed by atoms with Crippen LogP contribution in [0, 0.1) is 6.92 Å². The molecule has 1 atom stereocenters. The van der Waals surface area contributed by atoms with Crippen molar-refractivity contribution in [1.82, 2.24) is 9.62 Å². The SMILES string of the molecule is Cc1ccc(S(=O)(=O)NC2CC(=O)N(C3CC3)C2)cc1Cl. The van der Waals surface area contributed by atoms with Crippen LogP contribution in [-0.4, -0.2) is 37.9 Å². The van der Waals surface area contributed by atoms with Crippen molar-refractivity contribution >= 4 is 27.5 Å². The summed E-state index contributed by atoms with van der Waals surface area (Å²) in [6, 6.07) is 4.60. The maximum atomic E-state index is 12.4. The van der Waals surface area contributed by atoms with E-state index in [1.54, 1.807) is 11.0 Å². The van der Waals surface area contributed by atoms with Crippen LogP contribution in [0.5, 0.6) is 0 Å². The molecule has 1 aliphatic heterocycles. The Morgan fingerprint density at radius 1 is 1.33 bits per heavy atom. The van der Waals surface area contributed by atoms with Gasteiger partial charge in [-0.3, -0.25) is 4.79 Å². The summed E-state index contributed by atoms with van der Waals surface area (Å²) in [5.41, 5.74) is 0.826. The molecule has 0 bridgehead atoms. The number of halogens is 1.